The zero-order valence-corrected chi connectivity index (χ0v) is 16.5. The molecule has 0 heterocycles. The zero-order chi connectivity index (χ0) is 19.8. The zero-order valence-electron chi connectivity index (χ0n) is 16.5. The van der Waals surface area contributed by atoms with Crippen LogP contribution >= 0.6 is 0 Å². The van der Waals surface area contributed by atoms with Crippen LogP contribution < -0.4 is 24.8 Å². The lowest BCUT2D eigenvalue weighted by atomic mass is 10.2. The van der Waals surface area contributed by atoms with E-state index in [2.05, 4.69) is 10.6 Å². The molecule has 6 heteroatoms. The summed E-state index contributed by atoms with van der Waals surface area (Å²) in [5, 5.41) is 5.71. The van der Waals surface area contributed by atoms with E-state index >= 15 is 0 Å². The van der Waals surface area contributed by atoms with Crippen LogP contribution in [0.2, 0.25) is 0 Å². The molecule has 0 aromatic heterocycles. The molecule has 1 aliphatic rings. The summed E-state index contributed by atoms with van der Waals surface area (Å²) in [5.41, 5.74) is 1.91. The summed E-state index contributed by atoms with van der Waals surface area (Å²) in [6.45, 7) is 0.822. The summed E-state index contributed by atoms with van der Waals surface area (Å²) >= 11 is 0. The van der Waals surface area contributed by atoms with Crippen LogP contribution in [-0.2, 0) is 13.1 Å². The fourth-order valence-electron chi connectivity index (χ4n) is 3.30. The summed E-state index contributed by atoms with van der Waals surface area (Å²) in [5.74, 6) is 2.29. The van der Waals surface area contributed by atoms with Crippen molar-refractivity contribution in [3.8, 4) is 17.2 Å². The van der Waals surface area contributed by atoms with Crippen LogP contribution in [0.3, 0.4) is 0 Å². The number of urea groups is 1. The average molecular weight is 384 g/mol. The molecule has 2 N–H and O–H groups in total. The smallest absolute Gasteiger partial charge is 0.315 e. The minimum absolute atomic E-state index is 0.232. The molecule has 2 amide bonds. The monoisotopic (exact) mass is 384 g/mol. The first-order valence-electron chi connectivity index (χ1n) is 9.66. The molecular weight excluding hydrogens is 356 g/mol. The highest BCUT2D eigenvalue weighted by molar-refractivity contribution is 5.74. The molecule has 1 saturated carbocycles. The van der Waals surface area contributed by atoms with Crippen molar-refractivity contribution < 1.29 is 19.0 Å². The van der Waals surface area contributed by atoms with E-state index in [1.165, 1.54) is 12.8 Å². The van der Waals surface area contributed by atoms with Crippen LogP contribution in [0.5, 0.6) is 17.2 Å². The summed E-state index contributed by atoms with van der Waals surface area (Å²) in [6.07, 6.45) is 5.14. The van der Waals surface area contributed by atoms with Crippen molar-refractivity contribution in [2.24, 2.45) is 0 Å². The Hall–Kier alpha value is -2.89. The average Bonchev–Trinajstić information content (AvgIpc) is 3.24. The maximum absolute atomic E-state index is 12.1. The molecule has 3 rings (SSSR count). The Labute approximate surface area is 166 Å². The minimum Gasteiger partial charge on any atom is -0.497 e. The van der Waals surface area contributed by atoms with Gasteiger partial charge in [-0.25, -0.2) is 4.79 Å². The molecule has 2 aromatic rings. The molecule has 6 nitrogen and oxygen atoms in total. The van der Waals surface area contributed by atoms with Gasteiger partial charge in [-0.1, -0.05) is 12.1 Å². The van der Waals surface area contributed by atoms with Gasteiger partial charge in [0.25, 0.3) is 0 Å². The van der Waals surface area contributed by atoms with Gasteiger partial charge in [-0.2, -0.15) is 0 Å². The Balaban J connectivity index is 1.44. The lowest BCUT2D eigenvalue weighted by Crippen LogP contribution is -2.34. The first kappa shape index (κ1) is 19.9. The van der Waals surface area contributed by atoms with Gasteiger partial charge in [-0.05, 0) is 55.5 Å². The van der Waals surface area contributed by atoms with Gasteiger partial charge in [-0.15, -0.1) is 0 Å². The molecule has 2 aromatic carbocycles. The molecular formula is C22H28N2O4. The van der Waals surface area contributed by atoms with Crippen molar-refractivity contribution in [3.05, 3.63) is 53.6 Å². The van der Waals surface area contributed by atoms with Gasteiger partial charge in [0.05, 0.1) is 20.3 Å². The van der Waals surface area contributed by atoms with Crippen molar-refractivity contribution in [3.63, 3.8) is 0 Å². The maximum Gasteiger partial charge on any atom is 0.315 e. The lowest BCUT2D eigenvalue weighted by molar-refractivity contribution is 0.210. The summed E-state index contributed by atoms with van der Waals surface area (Å²) in [6, 6.07) is 13.2. The van der Waals surface area contributed by atoms with E-state index in [0.29, 0.717) is 30.7 Å². The fraction of sp³-hybridized carbons (Fsp3) is 0.409. The molecule has 0 unspecified atom stereocenters. The number of nitrogens with one attached hydrogen (secondary N) is 2. The van der Waals surface area contributed by atoms with Crippen LogP contribution in [0.4, 0.5) is 4.79 Å². The maximum atomic E-state index is 12.1. The van der Waals surface area contributed by atoms with Crippen molar-refractivity contribution in [2.75, 3.05) is 14.2 Å². The Morgan fingerprint density at radius 2 is 1.61 bits per heavy atom. The minimum atomic E-state index is -0.232. The molecule has 150 valence electrons. The van der Waals surface area contributed by atoms with Crippen molar-refractivity contribution in [1.82, 2.24) is 10.6 Å². The number of amides is 2. The number of carbonyl (C=O) groups is 1. The number of benzene rings is 2. The highest BCUT2D eigenvalue weighted by Gasteiger charge is 2.16. The molecule has 0 saturated heterocycles. The van der Waals surface area contributed by atoms with Crippen molar-refractivity contribution in [1.29, 1.82) is 0 Å². The Kier molecular flexibility index (Phi) is 7.00. The molecule has 1 aliphatic carbocycles. The van der Waals surface area contributed by atoms with E-state index in [-0.39, 0.29) is 6.03 Å². The van der Waals surface area contributed by atoms with Crippen LogP contribution in [0, 0.1) is 0 Å². The lowest BCUT2D eigenvalue weighted by Gasteiger charge is -2.14. The molecule has 0 bridgehead atoms. The number of ether oxygens (including phenoxy) is 3. The number of methoxy groups -OCH3 is 2. The van der Waals surface area contributed by atoms with Crippen molar-refractivity contribution in [2.45, 2.75) is 44.9 Å². The van der Waals surface area contributed by atoms with Gasteiger partial charge in [0.15, 0.2) is 0 Å². The van der Waals surface area contributed by atoms with Crippen molar-refractivity contribution >= 4 is 6.03 Å². The highest BCUT2D eigenvalue weighted by Crippen LogP contribution is 2.25. The topological polar surface area (TPSA) is 68.8 Å². The molecule has 0 aliphatic heterocycles. The second kappa shape index (κ2) is 9.88. The summed E-state index contributed by atoms with van der Waals surface area (Å²) in [4.78, 5) is 12.1. The Morgan fingerprint density at radius 1 is 0.929 bits per heavy atom. The highest BCUT2D eigenvalue weighted by atomic mass is 16.5. The molecule has 28 heavy (non-hydrogen) atoms. The van der Waals surface area contributed by atoms with Crippen LogP contribution in [-0.4, -0.2) is 26.4 Å². The van der Waals surface area contributed by atoms with Crippen LogP contribution in [0.1, 0.15) is 36.8 Å². The van der Waals surface area contributed by atoms with E-state index in [1.807, 2.05) is 36.4 Å². The van der Waals surface area contributed by atoms with E-state index in [9.17, 15) is 4.79 Å². The predicted molar refractivity (Wildman–Crippen MR) is 108 cm³/mol. The molecule has 1 fully saturated rings. The van der Waals surface area contributed by atoms with Gasteiger partial charge >= 0.3 is 6.03 Å². The molecule has 0 atom stereocenters. The SMILES string of the molecule is COc1ccc(CNC(=O)NCc2ccc(OC3CCCC3)cc2)c(OC)c1. The number of rotatable bonds is 8. The van der Waals surface area contributed by atoms with E-state index in [0.717, 1.165) is 29.7 Å². The third-order valence-corrected chi connectivity index (χ3v) is 4.92. The number of hydrogen-bond acceptors (Lipinski definition) is 4. The second-order valence-corrected chi connectivity index (χ2v) is 6.88. The third-order valence-electron chi connectivity index (χ3n) is 4.92. The quantitative estimate of drug-likeness (QED) is 0.721. The Morgan fingerprint density at radius 3 is 2.29 bits per heavy atom. The standard InChI is InChI=1S/C22H28N2O4/c1-26-20-12-9-17(21(13-20)27-2)15-24-22(25)23-14-16-7-10-19(11-8-16)28-18-5-3-4-6-18/h7-13,18H,3-6,14-15H2,1-2H3,(H2,23,24,25). The second-order valence-electron chi connectivity index (χ2n) is 6.88. The van der Waals surface area contributed by atoms with Gasteiger partial charge in [-0.3, -0.25) is 0 Å². The van der Waals surface area contributed by atoms with Crippen LogP contribution in [0.25, 0.3) is 0 Å². The Bertz CT molecular complexity index is 771. The van der Waals surface area contributed by atoms with Gasteiger partial charge < -0.3 is 24.8 Å². The van der Waals surface area contributed by atoms with Gasteiger partial charge in [0, 0.05) is 24.7 Å². The molecule has 0 radical (unpaired) electrons. The fourth-order valence-corrected chi connectivity index (χ4v) is 3.30. The summed E-state index contributed by atoms with van der Waals surface area (Å²) in [7, 11) is 3.20. The normalized spacial score (nSPS) is 13.8. The largest absolute Gasteiger partial charge is 0.497 e. The predicted octanol–water partition coefficient (Wildman–Crippen LogP) is 4.02. The number of hydrogen-bond donors (Lipinski definition) is 2. The first-order valence-corrected chi connectivity index (χ1v) is 9.66. The van der Waals surface area contributed by atoms with E-state index < -0.39 is 0 Å². The van der Waals surface area contributed by atoms with E-state index in [1.54, 1.807) is 20.3 Å². The van der Waals surface area contributed by atoms with Crippen LogP contribution in [0.15, 0.2) is 42.5 Å². The third kappa shape index (κ3) is 5.55. The molecule has 0 spiro atoms. The van der Waals surface area contributed by atoms with Gasteiger partial charge in [0.1, 0.15) is 17.2 Å². The van der Waals surface area contributed by atoms with E-state index in [4.69, 9.17) is 14.2 Å². The first-order chi connectivity index (χ1) is 13.7. The summed E-state index contributed by atoms with van der Waals surface area (Å²) < 4.78 is 16.5. The van der Waals surface area contributed by atoms with Gasteiger partial charge in [0.2, 0.25) is 0 Å². The number of carbonyl (C=O) groups excluding carboxylic acids is 1.